The van der Waals surface area contributed by atoms with Crippen LogP contribution in [0.25, 0.3) is 0 Å². The Bertz CT molecular complexity index is 1050. The zero-order valence-electron chi connectivity index (χ0n) is 15.8. The molecule has 0 aliphatic carbocycles. The highest BCUT2D eigenvalue weighted by atomic mass is 32.2. The fourth-order valence-corrected chi connectivity index (χ4v) is 4.71. The second-order valence-electron chi connectivity index (χ2n) is 6.85. The molecule has 1 N–H and O–H groups in total. The van der Waals surface area contributed by atoms with Gasteiger partial charge in [0.2, 0.25) is 15.9 Å². The van der Waals surface area contributed by atoms with Crippen LogP contribution in [0.2, 0.25) is 0 Å². The molecule has 0 bridgehead atoms. The Morgan fingerprint density at radius 1 is 1.03 bits per heavy atom. The Balaban J connectivity index is 1.64. The number of amides is 1. The molecule has 2 aromatic carbocycles. The number of nitrogens with one attached hydrogen (secondary N) is 1. The fourth-order valence-electron chi connectivity index (χ4n) is 3.21. The summed E-state index contributed by atoms with van der Waals surface area (Å²) in [5.74, 6) is -3.48. The summed E-state index contributed by atoms with van der Waals surface area (Å²) in [6.07, 6.45) is -4.71. The molecule has 3 rings (SSSR count). The maximum atomic E-state index is 13.2. The molecule has 1 amide bonds. The molecule has 0 atom stereocenters. The Morgan fingerprint density at radius 2 is 1.65 bits per heavy atom. The minimum Gasteiger partial charge on any atom is -0.406 e. The lowest BCUT2D eigenvalue weighted by Gasteiger charge is -2.30. The Hall–Kier alpha value is -2.73. The summed E-state index contributed by atoms with van der Waals surface area (Å²) in [6.45, 7) is -0.107. The van der Waals surface area contributed by atoms with Gasteiger partial charge < -0.3 is 10.1 Å². The summed E-state index contributed by atoms with van der Waals surface area (Å²) in [7, 11) is -4.10. The van der Waals surface area contributed by atoms with Gasteiger partial charge in [0.25, 0.3) is 0 Å². The van der Waals surface area contributed by atoms with E-state index in [0.29, 0.717) is 6.07 Å². The van der Waals surface area contributed by atoms with E-state index >= 15 is 0 Å². The van der Waals surface area contributed by atoms with Crippen LogP contribution in [0.3, 0.4) is 0 Å². The Morgan fingerprint density at radius 3 is 2.23 bits per heavy atom. The van der Waals surface area contributed by atoms with Gasteiger partial charge in [0, 0.05) is 36.8 Å². The van der Waals surface area contributed by atoms with E-state index in [2.05, 4.69) is 10.1 Å². The molecule has 12 heteroatoms. The van der Waals surface area contributed by atoms with Crippen LogP contribution >= 0.6 is 0 Å². The van der Waals surface area contributed by atoms with E-state index in [1.807, 2.05) is 0 Å². The summed E-state index contributed by atoms with van der Waals surface area (Å²) in [5.41, 5.74) is -0.0565. The molecule has 1 aliphatic rings. The molecule has 0 unspecified atom stereocenters. The lowest BCUT2D eigenvalue weighted by atomic mass is 9.97. The molecular formula is C19H17F5N2O4S. The molecular weight excluding hydrogens is 447 g/mol. The highest BCUT2D eigenvalue weighted by Gasteiger charge is 2.34. The molecule has 0 spiro atoms. The van der Waals surface area contributed by atoms with Crippen LogP contribution in [-0.4, -0.2) is 38.1 Å². The summed E-state index contributed by atoms with van der Waals surface area (Å²) in [5, 5.41) is 2.40. The summed E-state index contributed by atoms with van der Waals surface area (Å²) < 4.78 is 94.0. The van der Waals surface area contributed by atoms with Gasteiger partial charge >= 0.3 is 6.36 Å². The van der Waals surface area contributed by atoms with Crippen molar-refractivity contribution in [2.75, 3.05) is 18.4 Å². The average molecular weight is 464 g/mol. The van der Waals surface area contributed by atoms with Crippen LogP contribution in [0, 0.1) is 17.6 Å². The minimum absolute atomic E-state index is 0.0533. The topological polar surface area (TPSA) is 75.7 Å². The second kappa shape index (κ2) is 8.79. The number of ether oxygens (including phenoxy) is 1. The van der Waals surface area contributed by atoms with Crippen molar-refractivity contribution in [1.29, 1.82) is 0 Å². The van der Waals surface area contributed by atoms with Crippen molar-refractivity contribution in [2.45, 2.75) is 24.1 Å². The van der Waals surface area contributed by atoms with Crippen molar-refractivity contribution < 1.29 is 39.9 Å². The van der Waals surface area contributed by atoms with Crippen molar-refractivity contribution in [2.24, 2.45) is 5.92 Å². The van der Waals surface area contributed by atoms with Gasteiger partial charge in [-0.15, -0.1) is 13.2 Å². The molecule has 0 radical (unpaired) electrons. The fraction of sp³-hybridized carbons (Fsp3) is 0.316. The average Bonchev–Trinajstić information content (AvgIpc) is 2.66. The van der Waals surface area contributed by atoms with Gasteiger partial charge in [-0.3, -0.25) is 4.79 Å². The predicted octanol–water partition coefficient (Wildman–Crippen LogP) is 3.90. The van der Waals surface area contributed by atoms with Crippen LogP contribution in [0.5, 0.6) is 5.75 Å². The van der Waals surface area contributed by atoms with E-state index in [0.717, 1.165) is 40.7 Å². The highest BCUT2D eigenvalue weighted by Crippen LogP contribution is 2.29. The smallest absolute Gasteiger partial charge is 0.406 e. The SMILES string of the molecule is O=C(Nc1cc(F)cc(F)c1)C1CCN(S(=O)(=O)c2cccc(OC(F)(F)F)c2)CC1. The molecule has 1 saturated heterocycles. The lowest BCUT2D eigenvalue weighted by Crippen LogP contribution is -2.41. The largest absolute Gasteiger partial charge is 0.573 e. The van der Waals surface area contributed by atoms with Crippen LogP contribution in [0.15, 0.2) is 47.4 Å². The number of carbonyl (C=O) groups is 1. The number of sulfonamides is 1. The van der Waals surface area contributed by atoms with Crippen LogP contribution < -0.4 is 10.1 Å². The maximum absolute atomic E-state index is 13.2. The third kappa shape index (κ3) is 5.91. The van der Waals surface area contributed by atoms with E-state index in [4.69, 9.17) is 0 Å². The number of carbonyl (C=O) groups excluding carboxylic acids is 1. The van der Waals surface area contributed by atoms with Gasteiger partial charge in [-0.2, -0.15) is 4.31 Å². The second-order valence-corrected chi connectivity index (χ2v) is 8.79. The van der Waals surface area contributed by atoms with Crippen molar-refractivity contribution >= 4 is 21.6 Å². The number of benzene rings is 2. The molecule has 0 aromatic heterocycles. The standard InChI is InChI=1S/C19H17F5N2O4S/c20-13-8-14(21)10-15(9-13)25-18(27)12-4-6-26(7-5-12)31(28,29)17-3-1-2-16(11-17)30-19(22,23)24/h1-3,8-12H,4-7H2,(H,25,27). The first-order valence-electron chi connectivity index (χ1n) is 9.07. The van der Waals surface area contributed by atoms with Gasteiger partial charge in [0.05, 0.1) is 4.90 Å². The molecule has 6 nitrogen and oxygen atoms in total. The van der Waals surface area contributed by atoms with Gasteiger partial charge in [-0.25, -0.2) is 17.2 Å². The third-order valence-electron chi connectivity index (χ3n) is 4.63. The number of alkyl halides is 3. The monoisotopic (exact) mass is 464 g/mol. The molecule has 1 heterocycles. The van der Waals surface area contributed by atoms with Crippen LogP contribution in [-0.2, 0) is 14.8 Å². The number of hydrogen-bond donors (Lipinski definition) is 1. The first kappa shape index (κ1) is 22.9. The summed E-state index contributed by atoms with van der Waals surface area (Å²) in [6, 6.07) is 6.61. The van der Waals surface area contributed by atoms with Gasteiger partial charge in [-0.05, 0) is 37.1 Å². The maximum Gasteiger partial charge on any atom is 0.573 e. The van der Waals surface area contributed by atoms with Crippen molar-refractivity contribution in [3.05, 3.63) is 54.1 Å². The number of anilines is 1. The Kier molecular flexibility index (Phi) is 6.51. The zero-order valence-corrected chi connectivity index (χ0v) is 16.6. The quantitative estimate of drug-likeness (QED) is 0.681. The van der Waals surface area contributed by atoms with Crippen LogP contribution in [0.1, 0.15) is 12.8 Å². The molecule has 0 saturated carbocycles. The number of piperidine rings is 1. The Labute approximate surface area is 174 Å². The van der Waals surface area contributed by atoms with Crippen molar-refractivity contribution in [3.8, 4) is 5.75 Å². The molecule has 168 valence electrons. The predicted molar refractivity (Wildman–Crippen MR) is 99.6 cm³/mol. The summed E-state index contributed by atoms with van der Waals surface area (Å²) in [4.78, 5) is 12.0. The van der Waals surface area contributed by atoms with E-state index in [9.17, 15) is 35.2 Å². The van der Waals surface area contributed by atoms with E-state index < -0.39 is 45.6 Å². The molecule has 31 heavy (non-hydrogen) atoms. The molecule has 2 aromatic rings. The third-order valence-corrected chi connectivity index (χ3v) is 6.53. The molecule has 1 fully saturated rings. The van der Waals surface area contributed by atoms with Crippen LogP contribution in [0.4, 0.5) is 27.6 Å². The number of hydrogen-bond acceptors (Lipinski definition) is 4. The minimum atomic E-state index is -4.96. The number of halogens is 5. The molecule has 1 aliphatic heterocycles. The van der Waals surface area contributed by atoms with E-state index in [-0.39, 0.29) is 36.5 Å². The number of rotatable bonds is 5. The van der Waals surface area contributed by atoms with Gasteiger partial charge in [-0.1, -0.05) is 6.07 Å². The van der Waals surface area contributed by atoms with Gasteiger partial charge in [0.15, 0.2) is 0 Å². The number of nitrogens with zero attached hydrogens (tertiary/aromatic N) is 1. The zero-order chi connectivity index (χ0) is 22.8. The normalized spacial score (nSPS) is 16.2. The van der Waals surface area contributed by atoms with Gasteiger partial charge in [0.1, 0.15) is 17.4 Å². The summed E-state index contributed by atoms with van der Waals surface area (Å²) >= 11 is 0. The lowest BCUT2D eigenvalue weighted by molar-refractivity contribution is -0.274. The van der Waals surface area contributed by atoms with E-state index in [1.165, 1.54) is 0 Å². The van der Waals surface area contributed by atoms with Crippen molar-refractivity contribution in [3.63, 3.8) is 0 Å². The van der Waals surface area contributed by atoms with Crippen molar-refractivity contribution in [1.82, 2.24) is 4.31 Å². The first-order valence-corrected chi connectivity index (χ1v) is 10.5. The highest BCUT2D eigenvalue weighted by molar-refractivity contribution is 7.89. The first-order chi connectivity index (χ1) is 14.4. The van der Waals surface area contributed by atoms with E-state index in [1.54, 1.807) is 0 Å².